The zero-order chi connectivity index (χ0) is 22.4. The SMILES string of the molecule is CC(C)(CC1Cc2ccccc2C1)NC[C@@H](O)COc1ccc(CCC(=O)O)cc1Cl. The Morgan fingerprint density at radius 3 is 2.52 bits per heavy atom. The summed E-state index contributed by atoms with van der Waals surface area (Å²) in [7, 11) is 0. The number of rotatable bonds is 11. The van der Waals surface area contributed by atoms with E-state index in [0.29, 0.717) is 29.7 Å². The van der Waals surface area contributed by atoms with Gasteiger partial charge in [0.05, 0.1) is 5.02 Å². The normalized spacial score (nSPS) is 15.0. The van der Waals surface area contributed by atoms with Gasteiger partial charge in [-0.2, -0.15) is 0 Å². The molecule has 0 aliphatic heterocycles. The molecule has 6 heteroatoms. The van der Waals surface area contributed by atoms with Crippen molar-refractivity contribution in [1.29, 1.82) is 0 Å². The van der Waals surface area contributed by atoms with Crippen molar-refractivity contribution in [3.8, 4) is 5.75 Å². The molecule has 1 atom stereocenters. The number of β-amino-alcohol motifs (C(OH)–C–C–N with tert-alkyl or cyclic N) is 1. The Kier molecular flexibility index (Phi) is 7.98. The molecule has 2 aromatic carbocycles. The number of benzene rings is 2. The van der Waals surface area contributed by atoms with E-state index in [4.69, 9.17) is 21.4 Å². The van der Waals surface area contributed by atoms with E-state index in [0.717, 1.165) is 24.8 Å². The van der Waals surface area contributed by atoms with Gasteiger partial charge in [-0.1, -0.05) is 41.9 Å². The van der Waals surface area contributed by atoms with Gasteiger partial charge in [0.15, 0.2) is 0 Å². The minimum atomic E-state index is -0.840. The highest BCUT2D eigenvalue weighted by molar-refractivity contribution is 6.32. The molecule has 3 N–H and O–H groups in total. The maximum atomic E-state index is 10.7. The first-order chi connectivity index (χ1) is 14.7. The van der Waals surface area contributed by atoms with Crippen LogP contribution in [0.4, 0.5) is 0 Å². The average Bonchev–Trinajstić information content (AvgIpc) is 3.11. The molecule has 0 fully saturated rings. The average molecular weight is 446 g/mol. The summed E-state index contributed by atoms with van der Waals surface area (Å²) in [6.07, 6.45) is 3.09. The van der Waals surface area contributed by atoms with Crippen LogP contribution in [0.3, 0.4) is 0 Å². The molecular weight excluding hydrogens is 414 g/mol. The van der Waals surface area contributed by atoms with Crippen molar-refractivity contribution in [2.24, 2.45) is 5.92 Å². The van der Waals surface area contributed by atoms with Crippen LogP contribution >= 0.6 is 11.6 Å². The molecule has 0 saturated carbocycles. The molecule has 1 aliphatic carbocycles. The zero-order valence-electron chi connectivity index (χ0n) is 18.2. The summed E-state index contributed by atoms with van der Waals surface area (Å²) in [4.78, 5) is 10.7. The van der Waals surface area contributed by atoms with Crippen LogP contribution < -0.4 is 10.1 Å². The summed E-state index contributed by atoms with van der Waals surface area (Å²) in [5, 5.41) is 23.1. The van der Waals surface area contributed by atoms with Gasteiger partial charge in [-0.15, -0.1) is 0 Å². The van der Waals surface area contributed by atoms with Crippen molar-refractivity contribution in [3.05, 3.63) is 64.2 Å². The van der Waals surface area contributed by atoms with Crippen molar-refractivity contribution in [3.63, 3.8) is 0 Å². The summed E-state index contributed by atoms with van der Waals surface area (Å²) >= 11 is 6.24. The number of fused-ring (bicyclic) bond motifs is 1. The Balaban J connectivity index is 1.41. The third-order valence-corrected chi connectivity index (χ3v) is 6.10. The maximum Gasteiger partial charge on any atom is 0.303 e. The lowest BCUT2D eigenvalue weighted by Crippen LogP contribution is -2.46. The molecule has 0 spiro atoms. The monoisotopic (exact) mass is 445 g/mol. The first-order valence-electron chi connectivity index (χ1n) is 10.8. The van der Waals surface area contributed by atoms with E-state index in [9.17, 15) is 9.90 Å². The zero-order valence-corrected chi connectivity index (χ0v) is 19.0. The van der Waals surface area contributed by atoms with Crippen LogP contribution in [0.5, 0.6) is 5.75 Å². The number of aliphatic carboxylic acids is 1. The van der Waals surface area contributed by atoms with Gasteiger partial charge in [-0.25, -0.2) is 0 Å². The van der Waals surface area contributed by atoms with Crippen molar-refractivity contribution in [2.45, 2.75) is 57.6 Å². The lowest BCUT2D eigenvalue weighted by Gasteiger charge is -2.30. The van der Waals surface area contributed by atoms with Crippen molar-refractivity contribution < 1.29 is 19.7 Å². The molecule has 0 amide bonds. The standard InChI is InChI=1S/C25H32ClNO4/c1-25(2,14-18-11-19-5-3-4-6-20(19)12-18)27-15-21(28)16-31-23-9-7-17(13-22(23)26)8-10-24(29)30/h3-7,9,13,18,21,27-28H,8,10-12,14-16H2,1-2H3,(H,29,30)/t21-/m1/s1. The summed E-state index contributed by atoms with van der Waals surface area (Å²) in [5.74, 6) is 0.266. The number of hydrogen-bond acceptors (Lipinski definition) is 4. The first-order valence-corrected chi connectivity index (χ1v) is 11.2. The molecule has 5 nitrogen and oxygen atoms in total. The highest BCUT2D eigenvalue weighted by atomic mass is 35.5. The number of aryl methyl sites for hydroxylation is 1. The molecular formula is C25H32ClNO4. The molecule has 1 aliphatic rings. The Morgan fingerprint density at radius 1 is 1.23 bits per heavy atom. The van der Waals surface area contributed by atoms with Crippen molar-refractivity contribution in [2.75, 3.05) is 13.2 Å². The second kappa shape index (κ2) is 10.5. The summed E-state index contributed by atoms with van der Waals surface area (Å²) in [6, 6.07) is 13.9. The van der Waals surface area contributed by atoms with Gasteiger partial charge in [-0.05, 0) is 74.3 Å². The lowest BCUT2D eigenvalue weighted by atomic mass is 9.88. The predicted molar refractivity (Wildman–Crippen MR) is 123 cm³/mol. The van der Waals surface area contributed by atoms with E-state index >= 15 is 0 Å². The van der Waals surface area contributed by atoms with E-state index < -0.39 is 12.1 Å². The topological polar surface area (TPSA) is 78.8 Å². The van der Waals surface area contributed by atoms with E-state index in [-0.39, 0.29) is 18.6 Å². The molecule has 3 rings (SSSR count). The van der Waals surface area contributed by atoms with Crippen LogP contribution in [0.25, 0.3) is 0 Å². The predicted octanol–water partition coefficient (Wildman–Crippen LogP) is 4.27. The highest BCUT2D eigenvalue weighted by Gasteiger charge is 2.28. The number of nitrogens with one attached hydrogen (secondary N) is 1. The summed E-state index contributed by atoms with van der Waals surface area (Å²) < 4.78 is 5.68. The van der Waals surface area contributed by atoms with Crippen LogP contribution in [0.15, 0.2) is 42.5 Å². The lowest BCUT2D eigenvalue weighted by molar-refractivity contribution is -0.136. The van der Waals surface area contributed by atoms with Crippen LogP contribution in [-0.2, 0) is 24.1 Å². The van der Waals surface area contributed by atoms with Gasteiger partial charge in [0.25, 0.3) is 0 Å². The number of carboxylic acid groups (broad SMARTS) is 1. The number of aliphatic hydroxyl groups excluding tert-OH is 1. The fourth-order valence-corrected chi connectivity index (χ4v) is 4.55. The van der Waals surface area contributed by atoms with Crippen LogP contribution in [-0.4, -0.2) is 41.0 Å². The van der Waals surface area contributed by atoms with Crippen molar-refractivity contribution in [1.82, 2.24) is 5.32 Å². The van der Waals surface area contributed by atoms with Crippen molar-refractivity contribution >= 4 is 17.6 Å². The molecule has 168 valence electrons. The molecule has 0 aromatic heterocycles. The maximum absolute atomic E-state index is 10.7. The van der Waals surface area contributed by atoms with E-state index in [1.165, 1.54) is 11.1 Å². The van der Waals surface area contributed by atoms with Crippen LogP contribution in [0.1, 0.15) is 43.4 Å². The van der Waals surface area contributed by atoms with Gasteiger partial charge >= 0.3 is 5.97 Å². The van der Waals surface area contributed by atoms with E-state index in [1.54, 1.807) is 18.2 Å². The fourth-order valence-electron chi connectivity index (χ4n) is 4.30. The molecule has 0 bridgehead atoms. The van der Waals surface area contributed by atoms with Gasteiger partial charge in [0.1, 0.15) is 18.5 Å². The minimum absolute atomic E-state index is 0.0592. The molecule has 0 unspecified atom stereocenters. The van der Waals surface area contributed by atoms with Gasteiger partial charge in [0, 0.05) is 18.5 Å². The fraction of sp³-hybridized carbons (Fsp3) is 0.480. The van der Waals surface area contributed by atoms with E-state index in [2.05, 4.69) is 43.4 Å². The van der Waals surface area contributed by atoms with Gasteiger partial charge in [-0.3, -0.25) is 4.79 Å². The van der Waals surface area contributed by atoms with Gasteiger partial charge in [0.2, 0.25) is 0 Å². The number of aliphatic hydroxyl groups is 1. The third kappa shape index (κ3) is 7.23. The number of carboxylic acids is 1. The largest absolute Gasteiger partial charge is 0.489 e. The molecule has 0 heterocycles. The second-order valence-corrected chi connectivity index (χ2v) is 9.54. The quantitative estimate of drug-likeness (QED) is 0.481. The third-order valence-electron chi connectivity index (χ3n) is 5.81. The Hall–Kier alpha value is -2.08. The first kappa shape index (κ1) is 23.6. The highest BCUT2D eigenvalue weighted by Crippen LogP contribution is 2.32. The Labute approximate surface area is 189 Å². The van der Waals surface area contributed by atoms with Gasteiger partial charge < -0.3 is 20.3 Å². The van der Waals surface area contributed by atoms with E-state index in [1.807, 2.05) is 0 Å². The number of halogens is 1. The van der Waals surface area contributed by atoms with Crippen LogP contribution in [0.2, 0.25) is 5.02 Å². The Bertz CT molecular complexity index is 874. The summed E-state index contributed by atoms with van der Waals surface area (Å²) in [5.41, 5.74) is 3.68. The molecule has 31 heavy (non-hydrogen) atoms. The number of ether oxygens (including phenoxy) is 1. The molecule has 0 radical (unpaired) electrons. The number of carbonyl (C=O) groups is 1. The molecule has 2 aromatic rings. The van der Waals surface area contributed by atoms with Crippen LogP contribution in [0, 0.1) is 5.92 Å². The molecule has 0 saturated heterocycles. The second-order valence-electron chi connectivity index (χ2n) is 9.14. The summed E-state index contributed by atoms with van der Waals surface area (Å²) in [6.45, 7) is 4.92. The number of hydrogen-bond donors (Lipinski definition) is 3. The minimum Gasteiger partial charge on any atom is -0.489 e. The Morgan fingerprint density at radius 2 is 1.90 bits per heavy atom. The smallest absolute Gasteiger partial charge is 0.303 e.